The largest absolute Gasteiger partial charge is 0.495 e. The highest BCUT2D eigenvalue weighted by Crippen LogP contribution is 1.27. The number of hydrogen-bond donors (Lipinski definition) is 1. The predicted octanol–water partition coefficient (Wildman–Crippen LogP) is -2.44. The van der Waals surface area contributed by atoms with Crippen molar-refractivity contribution < 1.29 is 14.8 Å². The summed E-state index contributed by atoms with van der Waals surface area (Å²) in [7, 11) is 0. The first-order chi connectivity index (χ1) is 2.81. The molecule has 0 aliphatic heterocycles. The van der Waals surface area contributed by atoms with E-state index < -0.39 is 5.91 Å². The van der Waals surface area contributed by atoms with E-state index in [1.165, 1.54) is 0 Å². The van der Waals surface area contributed by atoms with E-state index in [2.05, 4.69) is 0 Å². The van der Waals surface area contributed by atoms with Crippen LogP contribution in [0.15, 0.2) is 0 Å². The fourth-order valence-corrected chi connectivity index (χ4v) is 0.0241. The number of aldehydes is 1. The van der Waals surface area contributed by atoms with E-state index in [0.29, 0.717) is 0 Å². The van der Waals surface area contributed by atoms with Crippen LogP contribution in [0.4, 0.5) is 0 Å². The molecular weight excluding hydrogens is 86.0 g/mol. The summed E-state index contributed by atoms with van der Waals surface area (Å²) in [6.45, 7) is 0. The summed E-state index contributed by atoms with van der Waals surface area (Å²) in [5.74, 6) is -1.14. The predicted molar refractivity (Wildman–Crippen MR) is 15.4 cm³/mol. The van der Waals surface area contributed by atoms with Crippen molar-refractivity contribution in [2.75, 3.05) is 0 Å². The van der Waals surface area contributed by atoms with Gasteiger partial charge < -0.3 is 0 Å². The number of hydrogen-bond acceptors (Lipinski definition) is 3. The van der Waals surface area contributed by atoms with Gasteiger partial charge in [-0.2, -0.15) is 0 Å². The maximum Gasteiger partial charge on any atom is 0.495 e. The van der Waals surface area contributed by atoms with Gasteiger partial charge in [0.25, 0.3) is 6.29 Å². The van der Waals surface area contributed by atoms with Crippen LogP contribution >= 0.6 is 0 Å². The van der Waals surface area contributed by atoms with Gasteiger partial charge in [0, 0.05) is 4.91 Å². The molecule has 0 saturated carbocycles. The highest BCUT2D eigenvalue weighted by Gasteiger charge is 1.99. The maximum absolute atomic E-state index is 9.39. The molecule has 0 heterocycles. The average molecular weight is 88.0 g/mol. The van der Waals surface area contributed by atoms with Gasteiger partial charge in [-0.3, -0.25) is 4.79 Å². The van der Waals surface area contributed by atoms with Crippen LogP contribution in [0.25, 0.3) is 0 Å². The lowest BCUT2D eigenvalue weighted by atomic mass is 10.7. The Hall–Kier alpha value is -1.06. The Morgan fingerprint density at radius 2 is 2.17 bits per heavy atom. The third-order valence-corrected chi connectivity index (χ3v) is 0.208. The third kappa shape index (κ3) is 1.28. The van der Waals surface area contributed by atoms with Crippen LogP contribution in [0.1, 0.15) is 0 Å². The van der Waals surface area contributed by atoms with Crippen molar-refractivity contribution in [3.8, 4) is 0 Å². The van der Waals surface area contributed by atoms with Gasteiger partial charge in [0.2, 0.25) is 0 Å². The quantitative estimate of drug-likeness (QED) is 0.286. The molecular formula is C2H2NO3+. The van der Waals surface area contributed by atoms with Crippen LogP contribution in [0.5, 0.6) is 0 Å². The molecule has 1 amide bonds. The number of carbonyl (C=O) groups is 2. The summed E-state index contributed by atoms with van der Waals surface area (Å²) < 4.78 is 0. The molecule has 0 aromatic heterocycles. The minimum Gasteiger partial charge on any atom is -0.287 e. The lowest BCUT2D eigenvalue weighted by Gasteiger charge is -1.48. The van der Waals surface area contributed by atoms with Gasteiger partial charge in [-0.25, -0.2) is 4.79 Å². The second kappa shape index (κ2) is 2.19. The second-order valence-corrected chi connectivity index (χ2v) is 0.584. The Morgan fingerprint density at radius 3 is 2.17 bits per heavy atom. The number of nitrogens with one attached hydrogen (secondary N) is 1. The zero-order chi connectivity index (χ0) is 4.99. The van der Waals surface area contributed by atoms with Crippen molar-refractivity contribution in [3.05, 3.63) is 4.91 Å². The number of amides is 1. The van der Waals surface area contributed by atoms with Gasteiger partial charge in [-0.1, -0.05) is 0 Å². The summed E-state index contributed by atoms with van der Waals surface area (Å²) in [6.07, 6.45) is -0.0903. The van der Waals surface area contributed by atoms with Gasteiger partial charge >= 0.3 is 5.91 Å². The van der Waals surface area contributed by atoms with Crippen LogP contribution in [0.2, 0.25) is 0 Å². The van der Waals surface area contributed by atoms with Crippen LogP contribution in [0.3, 0.4) is 0 Å². The van der Waals surface area contributed by atoms with Gasteiger partial charge in [-0.15, -0.1) is 0 Å². The summed E-state index contributed by atoms with van der Waals surface area (Å²) in [5.41, 5.74) is 0. The van der Waals surface area contributed by atoms with E-state index in [1.54, 1.807) is 0 Å². The van der Waals surface area contributed by atoms with E-state index in [-0.39, 0.29) is 6.29 Å². The third-order valence-electron chi connectivity index (χ3n) is 0.208. The fourth-order valence-electron chi connectivity index (χ4n) is 0.0241. The molecule has 4 heteroatoms. The lowest BCUT2D eigenvalue weighted by Crippen LogP contribution is -2.70. The lowest BCUT2D eigenvalue weighted by molar-refractivity contribution is -0.390. The van der Waals surface area contributed by atoms with Crippen molar-refractivity contribution in [3.63, 3.8) is 0 Å². The van der Waals surface area contributed by atoms with Crippen molar-refractivity contribution in [1.82, 2.24) is 0 Å². The van der Waals surface area contributed by atoms with Crippen molar-refractivity contribution in [2.24, 2.45) is 0 Å². The molecule has 0 atom stereocenters. The molecule has 32 valence electrons. The first kappa shape index (κ1) is 4.94. The van der Waals surface area contributed by atoms with Crippen LogP contribution < -0.4 is 5.18 Å². The Kier molecular flexibility index (Phi) is 1.81. The smallest absolute Gasteiger partial charge is 0.287 e. The fraction of sp³-hybridized carbons (Fsp3) is 0. The second-order valence-electron chi connectivity index (χ2n) is 0.584. The summed E-state index contributed by atoms with van der Waals surface area (Å²) in [5, 5.41) is 0.858. The van der Waals surface area contributed by atoms with E-state index in [4.69, 9.17) is 9.70 Å². The Balaban J connectivity index is 3.52. The van der Waals surface area contributed by atoms with E-state index in [0.717, 1.165) is 5.18 Å². The van der Waals surface area contributed by atoms with Gasteiger partial charge in [-0.05, 0) is 0 Å². The standard InChI is InChI=1S/C2HNO3/c4-1-2(5)3-6/h1H/p+1. The van der Waals surface area contributed by atoms with Crippen LogP contribution in [-0.2, 0) is 9.59 Å². The average Bonchev–Trinajstić information content (AvgIpc) is 1.65. The molecule has 0 unspecified atom stereocenters. The zero-order valence-electron chi connectivity index (χ0n) is 2.80. The van der Waals surface area contributed by atoms with Crippen molar-refractivity contribution in [1.29, 1.82) is 0 Å². The van der Waals surface area contributed by atoms with Crippen molar-refractivity contribution >= 4 is 12.2 Å². The molecule has 0 spiro atoms. The highest BCUT2D eigenvalue weighted by molar-refractivity contribution is 6.18. The molecule has 0 aromatic rings. The SMILES string of the molecule is O=CC(=O)[NH+]=O. The monoisotopic (exact) mass is 88.0 g/mol. The van der Waals surface area contributed by atoms with Crippen molar-refractivity contribution in [2.45, 2.75) is 0 Å². The van der Waals surface area contributed by atoms with E-state index >= 15 is 0 Å². The normalized spacial score (nSPS) is 6.67. The van der Waals surface area contributed by atoms with Crippen LogP contribution in [0, 0.1) is 4.91 Å². The molecule has 0 aliphatic carbocycles. The Morgan fingerprint density at radius 1 is 1.67 bits per heavy atom. The van der Waals surface area contributed by atoms with E-state index in [1.807, 2.05) is 0 Å². The molecule has 0 saturated heterocycles. The van der Waals surface area contributed by atoms with E-state index in [9.17, 15) is 4.79 Å². The number of nitroso groups, excluding NO2 is 1. The van der Waals surface area contributed by atoms with Gasteiger partial charge in [0.05, 0.1) is 5.18 Å². The zero-order valence-corrected chi connectivity index (χ0v) is 2.80. The van der Waals surface area contributed by atoms with Gasteiger partial charge in [0.15, 0.2) is 0 Å². The first-order valence-electron chi connectivity index (χ1n) is 1.18. The molecule has 1 N–H and O–H groups in total. The number of carbonyl (C=O) groups excluding carboxylic acids is 2. The molecule has 0 bridgehead atoms. The maximum atomic E-state index is 9.39. The summed E-state index contributed by atoms with van der Waals surface area (Å²) in [6, 6.07) is 0. The molecule has 6 heavy (non-hydrogen) atoms. The minimum absolute atomic E-state index is 0.0903. The molecule has 0 rings (SSSR count). The molecule has 4 nitrogen and oxygen atoms in total. The first-order valence-corrected chi connectivity index (χ1v) is 1.18. The Bertz CT molecular complexity index is 76.8. The molecule has 0 radical (unpaired) electrons. The van der Waals surface area contributed by atoms with Gasteiger partial charge in [0.1, 0.15) is 0 Å². The minimum atomic E-state index is -1.14. The molecule has 0 aromatic carbocycles. The summed E-state index contributed by atoms with van der Waals surface area (Å²) in [4.78, 5) is 27.5. The molecule has 0 fully saturated rings. The topological polar surface area (TPSA) is 65.2 Å². The number of rotatable bonds is 1. The van der Waals surface area contributed by atoms with Crippen LogP contribution in [-0.4, -0.2) is 12.2 Å². The highest BCUT2D eigenvalue weighted by atomic mass is 16.3. The summed E-state index contributed by atoms with van der Waals surface area (Å²) >= 11 is 0. The Labute approximate surface area is 33.1 Å². The molecule has 0 aliphatic rings.